The highest BCUT2D eigenvalue weighted by molar-refractivity contribution is 7.98. The summed E-state index contributed by atoms with van der Waals surface area (Å²) in [6.45, 7) is 1.94. The molecule has 0 aromatic carbocycles. The van der Waals surface area contributed by atoms with Gasteiger partial charge in [0.2, 0.25) is 5.91 Å². The van der Waals surface area contributed by atoms with E-state index in [1.54, 1.807) is 0 Å². The molecule has 0 rings (SSSR count). The van der Waals surface area contributed by atoms with Crippen molar-refractivity contribution in [2.75, 3.05) is 25.1 Å². The van der Waals surface area contributed by atoms with E-state index < -0.39 is 18.0 Å². The van der Waals surface area contributed by atoms with E-state index in [0.717, 1.165) is 0 Å². The Bertz CT molecular complexity index is 299. The quantitative estimate of drug-likeness (QED) is 0.453. The molecule has 0 bridgehead atoms. The minimum absolute atomic E-state index is 0.180. The maximum atomic E-state index is 11.4. The molecule has 3 amide bonds. The highest BCUT2D eigenvalue weighted by Crippen LogP contribution is 2.00. The summed E-state index contributed by atoms with van der Waals surface area (Å²) in [6.07, 6.45) is 2.24. The van der Waals surface area contributed by atoms with E-state index in [1.807, 2.05) is 6.26 Å². The van der Waals surface area contributed by atoms with E-state index in [2.05, 4.69) is 16.0 Å². The van der Waals surface area contributed by atoms with Gasteiger partial charge in [0.1, 0.15) is 6.04 Å². The van der Waals surface area contributed by atoms with E-state index in [9.17, 15) is 14.4 Å². The maximum Gasteiger partial charge on any atom is 0.326 e. The number of urea groups is 1. The van der Waals surface area contributed by atoms with Crippen molar-refractivity contribution in [2.24, 2.45) is 0 Å². The average Bonchev–Trinajstić information content (AvgIpc) is 2.29. The van der Waals surface area contributed by atoms with E-state index in [1.165, 1.54) is 18.7 Å². The lowest BCUT2D eigenvalue weighted by molar-refractivity contribution is -0.139. The third-order valence-corrected chi connectivity index (χ3v) is 2.64. The molecule has 0 heterocycles. The molecule has 0 aliphatic carbocycles. The molecule has 0 aliphatic rings. The molecular formula is C10H19N3O4S. The summed E-state index contributed by atoms with van der Waals surface area (Å²) in [5.41, 5.74) is 0. The monoisotopic (exact) mass is 277 g/mol. The van der Waals surface area contributed by atoms with E-state index in [4.69, 9.17) is 5.11 Å². The van der Waals surface area contributed by atoms with Crippen molar-refractivity contribution in [3.63, 3.8) is 0 Å². The Morgan fingerprint density at radius 3 is 2.33 bits per heavy atom. The molecule has 0 aliphatic heterocycles. The van der Waals surface area contributed by atoms with Crippen molar-refractivity contribution in [3.05, 3.63) is 0 Å². The van der Waals surface area contributed by atoms with Gasteiger partial charge in [-0.25, -0.2) is 9.59 Å². The minimum Gasteiger partial charge on any atom is -0.480 e. The van der Waals surface area contributed by atoms with Crippen molar-refractivity contribution >= 4 is 29.7 Å². The van der Waals surface area contributed by atoms with Crippen LogP contribution in [0.4, 0.5) is 4.79 Å². The molecule has 104 valence electrons. The molecule has 0 spiro atoms. The first-order valence-corrected chi connectivity index (χ1v) is 6.87. The Kier molecular flexibility index (Phi) is 8.81. The third-order valence-electron chi connectivity index (χ3n) is 2.00. The fourth-order valence-corrected chi connectivity index (χ4v) is 1.59. The van der Waals surface area contributed by atoms with Gasteiger partial charge >= 0.3 is 12.0 Å². The smallest absolute Gasteiger partial charge is 0.326 e. The summed E-state index contributed by atoms with van der Waals surface area (Å²) in [4.78, 5) is 32.8. The molecule has 7 nitrogen and oxygen atoms in total. The van der Waals surface area contributed by atoms with E-state index >= 15 is 0 Å². The van der Waals surface area contributed by atoms with Gasteiger partial charge in [-0.3, -0.25) is 4.79 Å². The molecule has 1 atom stereocenters. The molecule has 8 heteroatoms. The summed E-state index contributed by atoms with van der Waals surface area (Å²) >= 11 is 1.52. The zero-order valence-electron chi connectivity index (χ0n) is 10.5. The van der Waals surface area contributed by atoms with Crippen LogP contribution in [-0.2, 0) is 9.59 Å². The number of carbonyl (C=O) groups excluding carboxylic acids is 2. The Balaban J connectivity index is 3.87. The van der Waals surface area contributed by atoms with Crippen LogP contribution in [0.5, 0.6) is 0 Å². The number of rotatable bonds is 8. The van der Waals surface area contributed by atoms with Crippen molar-refractivity contribution < 1.29 is 19.5 Å². The molecular weight excluding hydrogens is 258 g/mol. The Labute approximate surface area is 110 Å². The van der Waals surface area contributed by atoms with Crippen LogP contribution >= 0.6 is 11.8 Å². The second-order valence-corrected chi connectivity index (χ2v) is 4.54. The van der Waals surface area contributed by atoms with Crippen molar-refractivity contribution in [3.8, 4) is 0 Å². The summed E-state index contributed by atoms with van der Waals surface area (Å²) < 4.78 is 0. The van der Waals surface area contributed by atoms with E-state index in [-0.39, 0.29) is 12.5 Å². The van der Waals surface area contributed by atoms with Gasteiger partial charge in [0, 0.05) is 20.0 Å². The number of carboxylic acid groups (broad SMARTS) is 1. The number of amides is 3. The Hall–Kier alpha value is -1.44. The number of carbonyl (C=O) groups is 3. The first-order chi connectivity index (χ1) is 8.47. The Morgan fingerprint density at radius 1 is 1.22 bits per heavy atom. The molecule has 0 radical (unpaired) electrons. The fourth-order valence-electron chi connectivity index (χ4n) is 1.12. The lowest BCUT2D eigenvalue weighted by atomic mass is 10.2. The predicted molar refractivity (Wildman–Crippen MR) is 69.6 cm³/mol. The average molecular weight is 277 g/mol. The molecule has 18 heavy (non-hydrogen) atoms. The van der Waals surface area contributed by atoms with Gasteiger partial charge < -0.3 is 21.1 Å². The number of thioether (sulfide) groups is 1. The number of aliphatic carboxylic acids is 1. The second kappa shape index (κ2) is 9.58. The molecule has 0 aromatic rings. The van der Waals surface area contributed by atoms with Crippen molar-refractivity contribution in [2.45, 2.75) is 19.4 Å². The molecule has 0 saturated heterocycles. The van der Waals surface area contributed by atoms with Crippen LogP contribution in [0.25, 0.3) is 0 Å². The van der Waals surface area contributed by atoms with E-state index in [0.29, 0.717) is 18.7 Å². The van der Waals surface area contributed by atoms with Gasteiger partial charge in [-0.05, 0) is 18.4 Å². The zero-order valence-corrected chi connectivity index (χ0v) is 11.3. The van der Waals surface area contributed by atoms with Gasteiger partial charge in [0.05, 0.1) is 0 Å². The van der Waals surface area contributed by atoms with Crippen LogP contribution in [0.15, 0.2) is 0 Å². The molecule has 0 saturated carbocycles. The van der Waals surface area contributed by atoms with Gasteiger partial charge in [-0.2, -0.15) is 11.8 Å². The first kappa shape index (κ1) is 16.6. The summed E-state index contributed by atoms with van der Waals surface area (Å²) in [5.74, 6) is -0.579. The fraction of sp³-hybridized carbons (Fsp3) is 0.700. The number of carboxylic acids is 1. The summed E-state index contributed by atoms with van der Waals surface area (Å²) in [5, 5.41) is 16.2. The van der Waals surface area contributed by atoms with Crippen LogP contribution in [0.2, 0.25) is 0 Å². The highest BCUT2D eigenvalue weighted by Gasteiger charge is 2.18. The highest BCUT2D eigenvalue weighted by atomic mass is 32.2. The van der Waals surface area contributed by atoms with Crippen LogP contribution in [0, 0.1) is 0 Å². The van der Waals surface area contributed by atoms with Crippen LogP contribution < -0.4 is 16.0 Å². The van der Waals surface area contributed by atoms with Crippen molar-refractivity contribution in [1.29, 1.82) is 0 Å². The second-order valence-electron chi connectivity index (χ2n) is 3.56. The summed E-state index contributed by atoms with van der Waals surface area (Å²) in [7, 11) is 0. The van der Waals surface area contributed by atoms with Gasteiger partial charge in [-0.15, -0.1) is 0 Å². The first-order valence-electron chi connectivity index (χ1n) is 5.48. The lowest BCUT2D eigenvalue weighted by Gasteiger charge is -2.14. The number of nitrogens with one attached hydrogen (secondary N) is 3. The third kappa shape index (κ3) is 8.68. The topological polar surface area (TPSA) is 108 Å². The van der Waals surface area contributed by atoms with Crippen LogP contribution in [-0.4, -0.2) is 54.2 Å². The van der Waals surface area contributed by atoms with Crippen LogP contribution in [0.3, 0.4) is 0 Å². The standard InChI is InChI=1S/C10H19N3O4S/c1-7(14)11-4-5-12-10(17)13-8(9(15)16)3-6-18-2/h8H,3-6H2,1-2H3,(H,11,14)(H,15,16)(H2,12,13,17)/t8-/m0/s1. The largest absolute Gasteiger partial charge is 0.480 e. The molecule has 0 unspecified atom stereocenters. The number of hydrogen-bond acceptors (Lipinski definition) is 4. The SMILES string of the molecule is CSCC[C@H](NC(=O)NCCNC(C)=O)C(=O)O. The minimum atomic E-state index is -1.05. The normalized spacial score (nSPS) is 11.4. The molecule has 4 N–H and O–H groups in total. The van der Waals surface area contributed by atoms with Gasteiger partial charge in [0.25, 0.3) is 0 Å². The molecule has 0 aromatic heterocycles. The Morgan fingerprint density at radius 2 is 1.83 bits per heavy atom. The van der Waals surface area contributed by atoms with Crippen LogP contribution in [0.1, 0.15) is 13.3 Å². The molecule has 0 fully saturated rings. The van der Waals surface area contributed by atoms with Crippen molar-refractivity contribution in [1.82, 2.24) is 16.0 Å². The number of hydrogen-bond donors (Lipinski definition) is 4. The van der Waals surface area contributed by atoms with Gasteiger partial charge in [-0.1, -0.05) is 0 Å². The zero-order chi connectivity index (χ0) is 14.0. The summed E-state index contributed by atoms with van der Waals surface area (Å²) in [6, 6.07) is -1.44. The lowest BCUT2D eigenvalue weighted by Crippen LogP contribution is -2.47. The van der Waals surface area contributed by atoms with Gasteiger partial charge in [0.15, 0.2) is 0 Å². The predicted octanol–water partition coefficient (Wildman–Crippen LogP) is -0.372. The maximum absolute atomic E-state index is 11.4.